The first kappa shape index (κ1) is 32.4. The Morgan fingerprint density at radius 1 is 1.00 bits per heavy atom. The molecule has 0 bridgehead atoms. The molecule has 0 saturated heterocycles. The largest absolute Gasteiger partial charge is 0.394 e. The zero-order chi connectivity index (χ0) is 33.1. The summed E-state index contributed by atoms with van der Waals surface area (Å²) >= 11 is 3.50. The van der Waals surface area contributed by atoms with E-state index < -0.39 is 17.4 Å². The summed E-state index contributed by atoms with van der Waals surface area (Å²) in [5.74, 6) is -1.26. The van der Waals surface area contributed by atoms with Gasteiger partial charge in [0.05, 0.1) is 24.9 Å². The molecule has 0 aliphatic carbocycles. The van der Waals surface area contributed by atoms with Gasteiger partial charge in [-0.05, 0) is 65.6 Å². The maximum Gasteiger partial charge on any atom is 0.264 e. The molecule has 6 rings (SSSR count). The van der Waals surface area contributed by atoms with E-state index in [1.54, 1.807) is 34.9 Å². The summed E-state index contributed by atoms with van der Waals surface area (Å²) in [5.41, 5.74) is 3.57. The second kappa shape index (κ2) is 13.7. The number of anilines is 3. The number of aliphatic hydroxyl groups is 2. The van der Waals surface area contributed by atoms with Crippen LogP contribution < -0.4 is 9.80 Å². The maximum atomic E-state index is 14.1. The molecule has 0 unspecified atom stereocenters. The molecule has 0 saturated carbocycles. The van der Waals surface area contributed by atoms with Crippen molar-refractivity contribution in [3.63, 3.8) is 0 Å². The third-order valence-electron chi connectivity index (χ3n) is 9.16. The van der Waals surface area contributed by atoms with Crippen molar-refractivity contribution < 1.29 is 24.6 Å². The lowest BCUT2D eigenvalue weighted by Crippen LogP contribution is -2.46. The Morgan fingerprint density at radius 3 is 2.47 bits per heavy atom. The molecule has 2 aliphatic heterocycles. The lowest BCUT2D eigenvalue weighted by Gasteiger charge is -2.36. The number of nitrogens with zero attached hydrogens (tertiary/aromatic N) is 3. The van der Waals surface area contributed by atoms with Crippen LogP contribution in [0.15, 0.2) is 114 Å². The Morgan fingerprint density at radius 2 is 1.72 bits per heavy atom. The van der Waals surface area contributed by atoms with Crippen molar-refractivity contribution in [2.24, 2.45) is 5.92 Å². The number of benzene rings is 4. The van der Waals surface area contributed by atoms with Gasteiger partial charge in [-0.15, -0.1) is 0 Å². The van der Waals surface area contributed by atoms with Crippen molar-refractivity contribution in [1.82, 2.24) is 4.90 Å². The smallest absolute Gasteiger partial charge is 0.264 e. The molecular weight excluding hydrogens is 658 g/mol. The summed E-state index contributed by atoms with van der Waals surface area (Å²) in [5, 5.41) is 22.1. The Labute approximate surface area is 282 Å². The van der Waals surface area contributed by atoms with Gasteiger partial charge in [-0.3, -0.25) is 19.3 Å². The SMILES string of the molecule is C[C@@H](/C=C/CC(=O)N1Cc2ccccc2C[C@H]1CO)[C@]1(O)C(=O)N(Cc2cccc(N(C=O)c3ccccc3)c2)c2ccc(Br)cc21. The lowest BCUT2D eigenvalue weighted by atomic mass is 9.83. The fraction of sp³-hybridized carbons (Fsp3) is 0.237. The van der Waals surface area contributed by atoms with Crippen LogP contribution in [0.4, 0.5) is 17.1 Å². The molecule has 3 amide bonds. The van der Waals surface area contributed by atoms with Gasteiger partial charge in [0, 0.05) is 40.3 Å². The van der Waals surface area contributed by atoms with Crippen LogP contribution >= 0.6 is 15.9 Å². The van der Waals surface area contributed by atoms with Gasteiger partial charge in [-0.1, -0.05) is 89.6 Å². The van der Waals surface area contributed by atoms with Gasteiger partial charge in [0.25, 0.3) is 5.91 Å². The van der Waals surface area contributed by atoms with Crippen LogP contribution in [-0.2, 0) is 39.5 Å². The molecule has 2 N–H and O–H groups in total. The fourth-order valence-electron chi connectivity index (χ4n) is 6.59. The van der Waals surface area contributed by atoms with Crippen molar-refractivity contribution in [3.8, 4) is 0 Å². The van der Waals surface area contributed by atoms with Crippen LogP contribution in [0.1, 0.15) is 35.6 Å². The highest BCUT2D eigenvalue weighted by molar-refractivity contribution is 9.10. The second-order valence-electron chi connectivity index (χ2n) is 12.1. The predicted octanol–water partition coefficient (Wildman–Crippen LogP) is 6.01. The summed E-state index contributed by atoms with van der Waals surface area (Å²) in [6, 6.07) is 29.8. The topological polar surface area (TPSA) is 101 Å². The van der Waals surface area contributed by atoms with E-state index in [9.17, 15) is 24.6 Å². The molecule has 9 heteroatoms. The first-order valence-electron chi connectivity index (χ1n) is 15.6. The number of fused-ring (bicyclic) bond motifs is 2. The number of para-hydroxylation sites is 1. The van der Waals surface area contributed by atoms with E-state index >= 15 is 0 Å². The van der Waals surface area contributed by atoms with Gasteiger partial charge >= 0.3 is 0 Å². The average Bonchev–Trinajstić information content (AvgIpc) is 3.30. The molecule has 0 spiro atoms. The number of aliphatic hydroxyl groups excluding tert-OH is 1. The number of carbonyl (C=O) groups excluding carboxylic acids is 3. The number of carbonyl (C=O) groups is 3. The van der Waals surface area contributed by atoms with E-state index in [0.29, 0.717) is 29.9 Å². The molecule has 0 aromatic heterocycles. The van der Waals surface area contributed by atoms with Crippen molar-refractivity contribution >= 4 is 51.2 Å². The standard InChI is InChI=1S/C38H36BrN3O5/c1-26(9-7-16-36(45)40-23-29-12-6-5-11-28(29)20-33(40)24-43)38(47)34-21-30(39)17-18-35(34)41(37(38)46)22-27-10-8-15-32(19-27)42(25-44)31-13-3-2-4-14-31/h2-15,17-19,21,25-26,33,43,47H,16,20,22-24H2,1H3/b9-7+/t26-,33-,38+/m0/s1. The van der Waals surface area contributed by atoms with E-state index in [4.69, 9.17) is 0 Å². The molecule has 4 aromatic carbocycles. The van der Waals surface area contributed by atoms with E-state index in [0.717, 1.165) is 33.3 Å². The van der Waals surface area contributed by atoms with Crippen LogP contribution in [0.2, 0.25) is 0 Å². The molecule has 4 aromatic rings. The molecule has 47 heavy (non-hydrogen) atoms. The Bertz CT molecular complexity index is 1830. The highest BCUT2D eigenvalue weighted by Crippen LogP contribution is 2.47. The first-order valence-corrected chi connectivity index (χ1v) is 16.4. The Kier molecular flexibility index (Phi) is 9.40. The van der Waals surface area contributed by atoms with Gasteiger partial charge in [0.1, 0.15) is 0 Å². The molecule has 0 fully saturated rings. The zero-order valence-corrected chi connectivity index (χ0v) is 27.6. The van der Waals surface area contributed by atoms with Crippen molar-refractivity contribution in [3.05, 3.63) is 136 Å². The van der Waals surface area contributed by atoms with E-state index in [1.807, 2.05) is 91.0 Å². The summed E-state index contributed by atoms with van der Waals surface area (Å²) in [6.45, 7) is 2.25. The van der Waals surface area contributed by atoms with Gasteiger partial charge < -0.3 is 20.0 Å². The van der Waals surface area contributed by atoms with E-state index in [2.05, 4.69) is 15.9 Å². The number of hydrogen-bond donors (Lipinski definition) is 2. The van der Waals surface area contributed by atoms with Crippen LogP contribution in [0.25, 0.3) is 0 Å². The molecular formula is C38H36BrN3O5. The van der Waals surface area contributed by atoms with E-state index in [-0.39, 0.29) is 31.5 Å². The van der Waals surface area contributed by atoms with Crippen molar-refractivity contribution in [1.29, 1.82) is 0 Å². The summed E-state index contributed by atoms with van der Waals surface area (Å²) in [4.78, 5) is 44.3. The second-order valence-corrected chi connectivity index (χ2v) is 13.0. The van der Waals surface area contributed by atoms with Gasteiger partial charge in [-0.25, -0.2) is 0 Å². The maximum absolute atomic E-state index is 14.1. The summed E-state index contributed by atoms with van der Waals surface area (Å²) in [7, 11) is 0. The minimum atomic E-state index is -1.87. The molecule has 8 nitrogen and oxygen atoms in total. The zero-order valence-electron chi connectivity index (χ0n) is 26.0. The van der Waals surface area contributed by atoms with Gasteiger partial charge in [-0.2, -0.15) is 0 Å². The molecule has 2 aliphatic rings. The normalized spacial score (nSPS) is 19.4. The summed E-state index contributed by atoms with van der Waals surface area (Å²) < 4.78 is 0.725. The van der Waals surface area contributed by atoms with E-state index in [1.165, 1.54) is 4.90 Å². The van der Waals surface area contributed by atoms with Crippen LogP contribution in [0.5, 0.6) is 0 Å². The minimum absolute atomic E-state index is 0.0732. The van der Waals surface area contributed by atoms with Crippen LogP contribution in [0.3, 0.4) is 0 Å². The lowest BCUT2D eigenvalue weighted by molar-refractivity contribution is -0.139. The number of amides is 3. The Hall–Kier alpha value is -4.57. The minimum Gasteiger partial charge on any atom is -0.394 e. The molecule has 240 valence electrons. The predicted molar refractivity (Wildman–Crippen MR) is 185 cm³/mol. The monoisotopic (exact) mass is 693 g/mol. The van der Waals surface area contributed by atoms with Crippen LogP contribution in [-0.4, -0.2) is 46.0 Å². The highest BCUT2D eigenvalue weighted by atomic mass is 79.9. The first-order chi connectivity index (χ1) is 22.7. The third kappa shape index (κ3) is 6.26. The third-order valence-corrected chi connectivity index (χ3v) is 9.66. The quantitative estimate of drug-likeness (QED) is 0.157. The number of hydrogen-bond acceptors (Lipinski definition) is 5. The van der Waals surface area contributed by atoms with Gasteiger partial charge in [0.2, 0.25) is 12.3 Å². The molecule has 0 radical (unpaired) electrons. The summed E-state index contributed by atoms with van der Waals surface area (Å²) in [6.07, 6.45) is 4.85. The van der Waals surface area contributed by atoms with Crippen molar-refractivity contribution in [2.45, 2.75) is 44.5 Å². The van der Waals surface area contributed by atoms with Crippen molar-refractivity contribution in [2.75, 3.05) is 16.4 Å². The van der Waals surface area contributed by atoms with Gasteiger partial charge in [0.15, 0.2) is 5.60 Å². The Balaban J connectivity index is 1.21. The highest BCUT2D eigenvalue weighted by Gasteiger charge is 2.52. The number of halogens is 1. The average molecular weight is 695 g/mol. The fourth-order valence-corrected chi connectivity index (χ4v) is 6.96. The van der Waals surface area contributed by atoms with Crippen LogP contribution in [0, 0.1) is 5.92 Å². The molecule has 3 atom stereocenters. The molecule has 2 heterocycles. The number of rotatable bonds is 10.